The molecule has 1 aromatic rings. The predicted octanol–water partition coefficient (Wildman–Crippen LogP) is 5.35. The summed E-state index contributed by atoms with van der Waals surface area (Å²) in [5, 5.41) is 9.71. The van der Waals surface area contributed by atoms with Crippen LogP contribution in [0, 0.1) is 11.8 Å². The van der Waals surface area contributed by atoms with Crippen molar-refractivity contribution in [3.8, 4) is 11.5 Å². The molecule has 0 aliphatic heterocycles. The van der Waals surface area contributed by atoms with Gasteiger partial charge in [-0.15, -0.1) is 0 Å². The van der Waals surface area contributed by atoms with Gasteiger partial charge in [-0.1, -0.05) is 59.4 Å². The first-order valence-electron chi connectivity index (χ1n) is 11.0. The Morgan fingerprint density at radius 2 is 1.75 bits per heavy atom. The lowest BCUT2D eigenvalue weighted by atomic mass is 9.85. The fourth-order valence-electron chi connectivity index (χ4n) is 3.66. The second-order valence-corrected chi connectivity index (χ2v) is 9.04. The van der Waals surface area contributed by atoms with Crippen LogP contribution in [0.4, 0.5) is 0 Å². The van der Waals surface area contributed by atoms with Gasteiger partial charge in [0.1, 0.15) is 11.5 Å². The fourth-order valence-corrected chi connectivity index (χ4v) is 3.66. The van der Waals surface area contributed by atoms with Crippen molar-refractivity contribution < 1.29 is 14.6 Å². The highest BCUT2D eigenvalue weighted by Crippen LogP contribution is 2.28. The van der Waals surface area contributed by atoms with Crippen molar-refractivity contribution in [3.05, 3.63) is 23.8 Å². The average Bonchev–Trinajstić information content (AvgIpc) is 2.65. The molecule has 0 saturated heterocycles. The minimum Gasteiger partial charge on any atom is -0.496 e. The smallest absolute Gasteiger partial charge is 0.125 e. The van der Waals surface area contributed by atoms with Crippen LogP contribution >= 0.6 is 0 Å². The summed E-state index contributed by atoms with van der Waals surface area (Å²) in [5.74, 6) is 2.94. The average molecular weight is 394 g/mol. The highest BCUT2D eigenvalue weighted by atomic mass is 16.5. The Bertz CT molecular complexity index is 545. The van der Waals surface area contributed by atoms with Crippen molar-refractivity contribution in [2.45, 2.75) is 84.6 Å². The van der Waals surface area contributed by atoms with Gasteiger partial charge in [0.15, 0.2) is 0 Å². The lowest BCUT2D eigenvalue weighted by molar-refractivity contribution is 0.165. The largest absolute Gasteiger partial charge is 0.496 e. The first-order chi connectivity index (χ1) is 13.3. The molecule has 1 unspecified atom stereocenters. The molecule has 1 rings (SSSR count). The van der Waals surface area contributed by atoms with E-state index in [9.17, 15) is 5.11 Å². The number of methoxy groups -OCH3 is 1. The highest BCUT2D eigenvalue weighted by molar-refractivity contribution is 5.41. The van der Waals surface area contributed by atoms with Crippen molar-refractivity contribution in [2.75, 3.05) is 20.3 Å². The molecule has 162 valence electrons. The number of hydrogen-bond donors (Lipinski definition) is 2. The Morgan fingerprint density at radius 1 is 1.04 bits per heavy atom. The maximum absolute atomic E-state index is 9.71. The fraction of sp³-hybridized carbons (Fsp3) is 0.750. The topological polar surface area (TPSA) is 64.7 Å². The van der Waals surface area contributed by atoms with Crippen LogP contribution in [-0.2, 0) is 6.42 Å². The molecular weight excluding hydrogens is 350 g/mol. The number of aryl methyl sites for hydroxylation is 1. The highest BCUT2D eigenvalue weighted by Gasteiger charge is 2.25. The van der Waals surface area contributed by atoms with Crippen LogP contribution < -0.4 is 15.2 Å². The predicted molar refractivity (Wildman–Crippen MR) is 118 cm³/mol. The van der Waals surface area contributed by atoms with E-state index in [0.717, 1.165) is 55.3 Å². The molecule has 0 aliphatic carbocycles. The summed E-state index contributed by atoms with van der Waals surface area (Å²) in [5.41, 5.74) is 6.95. The van der Waals surface area contributed by atoms with Crippen LogP contribution in [-0.4, -0.2) is 31.0 Å². The van der Waals surface area contributed by atoms with Gasteiger partial charge in [0, 0.05) is 11.6 Å². The van der Waals surface area contributed by atoms with Gasteiger partial charge in [-0.05, 0) is 49.1 Å². The third kappa shape index (κ3) is 9.79. The summed E-state index contributed by atoms with van der Waals surface area (Å²) in [4.78, 5) is 0. The van der Waals surface area contributed by atoms with Crippen molar-refractivity contribution >= 4 is 0 Å². The quantitative estimate of drug-likeness (QED) is 0.394. The summed E-state index contributed by atoms with van der Waals surface area (Å²) in [6.07, 6.45) is 8.54. The summed E-state index contributed by atoms with van der Waals surface area (Å²) < 4.78 is 11.5. The Morgan fingerprint density at radius 3 is 2.36 bits per heavy atom. The normalized spacial score (nSPS) is 13.8. The molecule has 0 amide bonds. The van der Waals surface area contributed by atoms with E-state index in [-0.39, 0.29) is 6.61 Å². The van der Waals surface area contributed by atoms with Crippen LogP contribution in [0.1, 0.15) is 78.2 Å². The van der Waals surface area contributed by atoms with Crippen LogP contribution in [0.15, 0.2) is 18.2 Å². The third-order valence-corrected chi connectivity index (χ3v) is 5.22. The van der Waals surface area contributed by atoms with E-state index in [1.807, 2.05) is 12.1 Å². The van der Waals surface area contributed by atoms with Gasteiger partial charge >= 0.3 is 0 Å². The second-order valence-electron chi connectivity index (χ2n) is 9.04. The molecule has 0 fully saturated rings. The second kappa shape index (κ2) is 13.1. The lowest BCUT2D eigenvalue weighted by Gasteiger charge is -2.29. The van der Waals surface area contributed by atoms with E-state index in [2.05, 4.69) is 33.8 Å². The standard InChI is InChI=1S/C24H43NO3/c1-19(2)10-8-6-7-9-15-28-22-12-11-21(23(16-22)27-5)13-14-24(25,18-26)17-20(3)4/h11-12,16,19-20,26H,6-10,13-15,17-18,25H2,1-5H3. The number of ether oxygens (including phenoxy) is 2. The summed E-state index contributed by atoms with van der Waals surface area (Å²) in [6, 6.07) is 6.04. The number of benzene rings is 1. The van der Waals surface area contributed by atoms with Gasteiger partial charge < -0.3 is 20.3 Å². The van der Waals surface area contributed by atoms with Crippen LogP contribution in [0.25, 0.3) is 0 Å². The van der Waals surface area contributed by atoms with Gasteiger partial charge in [0.25, 0.3) is 0 Å². The van der Waals surface area contributed by atoms with Crippen LogP contribution in [0.2, 0.25) is 0 Å². The molecular formula is C24H43NO3. The van der Waals surface area contributed by atoms with Gasteiger partial charge in [-0.2, -0.15) is 0 Å². The van der Waals surface area contributed by atoms with Gasteiger partial charge in [0.2, 0.25) is 0 Å². The Kier molecular flexibility index (Phi) is 11.6. The van der Waals surface area contributed by atoms with Crippen molar-refractivity contribution in [1.29, 1.82) is 0 Å². The van der Waals surface area contributed by atoms with E-state index in [0.29, 0.717) is 5.92 Å². The first-order valence-corrected chi connectivity index (χ1v) is 11.0. The number of unbranched alkanes of at least 4 members (excludes halogenated alkanes) is 3. The minimum absolute atomic E-state index is 0.00581. The SMILES string of the molecule is COc1cc(OCCCCCCC(C)C)ccc1CCC(N)(CO)CC(C)C. The minimum atomic E-state index is -0.538. The van der Waals surface area contributed by atoms with Gasteiger partial charge in [-0.25, -0.2) is 0 Å². The van der Waals surface area contributed by atoms with Crippen LogP contribution in [0.3, 0.4) is 0 Å². The molecule has 0 radical (unpaired) electrons. The molecule has 4 nitrogen and oxygen atoms in total. The molecule has 4 heteroatoms. The maximum Gasteiger partial charge on any atom is 0.125 e. The van der Waals surface area contributed by atoms with Crippen molar-refractivity contribution in [3.63, 3.8) is 0 Å². The first kappa shape index (κ1) is 24.8. The van der Waals surface area contributed by atoms with E-state index >= 15 is 0 Å². The number of rotatable bonds is 15. The van der Waals surface area contributed by atoms with Gasteiger partial charge in [-0.3, -0.25) is 0 Å². The molecule has 0 bridgehead atoms. The molecule has 0 spiro atoms. The zero-order chi connectivity index (χ0) is 21.0. The molecule has 0 heterocycles. The monoisotopic (exact) mass is 393 g/mol. The molecule has 0 saturated carbocycles. The number of hydrogen-bond acceptors (Lipinski definition) is 4. The zero-order valence-corrected chi connectivity index (χ0v) is 18.8. The van der Waals surface area contributed by atoms with E-state index in [4.69, 9.17) is 15.2 Å². The van der Waals surface area contributed by atoms with Crippen LogP contribution in [0.5, 0.6) is 11.5 Å². The zero-order valence-electron chi connectivity index (χ0n) is 18.8. The summed E-state index contributed by atoms with van der Waals surface area (Å²) in [7, 11) is 1.69. The van der Waals surface area contributed by atoms with E-state index in [1.165, 1.54) is 25.7 Å². The van der Waals surface area contributed by atoms with Crippen molar-refractivity contribution in [2.24, 2.45) is 17.6 Å². The van der Waals surface area contributed by atoms with E-state index < -0.39 is 5.54 Å². The summed E-state index contributed by atoms with van der Waals surface area (Å²) in [6.45, 7) is 9.58. The van der Waals surface area contributed by atoms with Gasteiger partial charge in [0.05, 0.1) is 20.3 Å². The lowest BCUT2D eigenvalue weighted by Crippen LogP contribution is -2.45. The number of aliphatic hydroxyl groups excluding tert-OH is 1. The Labute approximate surface area is 172 Å². The van der Waals surface area contributed by atoms with E-state index in [1.54, 1.807) is 7.11 Å². The third-order valence-electron chi connectivity index (χ3n) is 5.22. The molecule has 0 aromatic heterocycles. The number of aliphatic hydroxyl groups is 1. The number of nitrogens with two attached hydrogens (primary N) is 1. The molecule has 1 atom stereocenters. The molecule has 3 N–H and O–H groups in total. The summed E-state index contributed by atoms with van der Waals surface area (Å²) >= 11 is 0. The Hall–Kier alpha value is -1.26. The molecule has 28 heavy (non-hydrogen) atoms. The Balaban J connectivity index is 2.48. The molecule has 1 aromatic carbocycles. The van der Waals surface area contributed by atoms with Crippen molar-refractivity contribution in [1.82, 2.24) is 0 Å². The maximum atomic E-state index is 9.71. The molecule has 0 aliphatic rings.